The topological polar surface area (TPSA) is 46.3 Å². The first-order valence-corrected chi connectivity index (χ1v) is 8.51. The SMILES string of the molecule is CCN(CC)C1[CH]CC(C(N)=O)(C2CCCCC2)CC1. The predicted molar refractivity (Wildman–Crippen MR) is 83.1 cm³/mol. The normalized spacial score (nSPS) is 32.5. The number of hydrogen-bond acceptors (Lipinski definition) is 2. The second-order valence-corrected chi connectivity index (χ2v) is 6.62. The van der Waals surface area contributed by atoms with E-state index in [1.54, 1.807) is 0 Å². The van der Waals surface area contributed by atoms with Gasteiger partial charge in [-0.1, -0.05) is 33.1 Å². The average Bonchev–Trinajstić information content (AvgIpc) is 2.50. The van der Waals surface area contributed by atoms with E-state index < -0.39 is 0 Å². The molecule has 2 aliphatic rings. The van der Waals surface area contributed by atoms with Crippen molar-refractivity contribution in [3.8, 4) is 0 Å². The van der Waals surface area contributed by atoms with Gasteiger partial charge in [-0.05, 0) is 57.5 Å². The highest BCUT2D eigenvalue weighted by Gasteiger charge is 2.47. The fourth-order valence-corrected chi connectivity index (χ4v) is 4.45. The summed E-state index contributed by atoms with van der Waals surface area (Å²) in [7, 11) is 0. The Morgan fingerprint density at radius 1 is 1.20 bits per heavy atom. The lowest BCUT2D eigenvalue weighted by molar-refractivity contribution is -0.134. The number of amides is 1. The van der Waals surface area contributed by atoms with Gasteiger partial charge in [0.05, 0.1) is 5.41 Å². The number of hydrogen-bond donors (Lipinski definition) is 1. The van der Waals surface area contributed by atoms with Gasteiger partial charge in [0.1, 0.15) is 0 Å². The van der Waals surface area contributed by atoms with E-state index in [0.29, 0.717) is 12.0 Å². The molecule has 2 atom stereocenters. The molecule has 0 aliphatic heterocycles. The van der Waals surface area contributed by atoms with Gasteiger partial charge < -0.3 is 10.6 Å². The summed E-state index contributed by atoms with van der Waals surface area (Å²) in [5, 5.41) is 0. The summed E-state index contributed by atoms with van der Waals surface area (Å²) in [6.45, 7) is 6.61. The molecule has 20 heavy (non-hydrogen) atoms. The van der Waals surface area contributed by atoms with Gasteiger partial charge in [-0.25, -0.2) is 0 Å². The molecule has 2 fully saturated rings. The van der Waals surface area contributed by atoms with Crippen LogP contribution in [0.1, 0.15) is 65.2 Å². The number of carbonyl (C=O) groups excluding carboxylic acids is 1. The van der Waals surface area contributed by atoms with Crippen LogP contribution in [0, 0.1) is 17.8 Å². The number of carbonyl (C=O) groups is 1. The monoisotopic (exact) mass is 279 g/mol. The maximum atomic E-state index is 12.2. The molecule has 2 aliphatic carbocycles. The standard InChI is InChI=1S/C17H31N2O/c1-3-19(4-2)15-10-12-17(13-11-15,16(18)20)14-8-6-5-7-9-14/h10,14-15H,3-9,11-13H2,1-2H3,(H2,18,20). The van der Waals surface area contributed by atoms with E-state index in [0.717, 1.165) is 32.4 Å². The van der Waals surface area contributed by atoms with Crippen LogP contribution in [0.5, 0.6) is 0 Å². The first-order chi connectivity index (χ1) is 9.64. The minimum Gasteiger partial charge on any atom is -0.369 e. The maximum absolute atomic E-state index is 12.2. The summed E-state index contributed by atoms with van der Waals surface area (Å²) in [5.74, 6) is 0.487. The molecule has 2 rings (SSSR count). The van der Waals surface area contributed by atoms with Gasteiger partial charge in [-0.2, -0.15) is 0 Å². The lowest BCUT2D eigenvalue weighted by Crippen LogP contribution is -2.50. The van der Waals surface area contributed by atoms with Gasteiger partial charge in [-0.15, -0.1) is 0 Å². The smallest absolute Gasteiger partial charge is 0.223 e. The highest BCUT2D eigenvalue weighted by atomic mass is 16.1. The summed E-state index contributed by atoms with van der Waals surface area (Å²) in [4.78, 5) is 14.7. The Hall–Kier alpha value is -0.570. The van der Waals surface area contributed by atoms with Crippen LogP contribution in [0.4, 0.5) is 0 Å². The van der Waals surface area contributed by atoms with Crippen LogP contribution in [0.25, 0.3) is 0 Å². The zero-order valence-corrected chi connectivity index (χ0v) is 13.2. The molecule has 3 heteroatoms. The molecule has 0 bridgehead atoms. The Morgan fingerprint density at radius 2 is 1.85 bits per heavy atom. The van der Waals surface area contributed by atoms with Crippen LogP contribution in [-0.4, -0.2) is 29.9 Å². The zero-order chi connectivity index (χ0) is 14.6. The van der Waals surface area contributed by atoms with Gasteiger partial charge in [0.15, 0.2) is 0 Å². The molecule has 0 aromatic heterocycles. The summed E-state index contributed by atoms with van der Waals surface area (Å²) in [6, 6.07) is 0.543. The summed E-state index contributed by atoms with van der Waals surface area (Å²) >= 11 is 0. The lowest BCUT2D eigenvalue weighted by atomic mass is 9.60. The van der Waals surface area contributed by atoms with Crippen LogP contribution in [0.3, 0.4) is 0 Å². The summed E-state index contributed by atoms with van der Waals surface area (Å²) < 4.78 is 0. The molecular formula is C17H31N2O. The predicted octanol–water partition coefficient (Wildman–Crippen LogP) is 3.14. The van der Waals surface area contributed by atoms with Crippen molar-refractivity contribution < 1.29 is 4.79 Å². The molecule has 3 nitrogen and oxygen atoms in total. The van der Waals surface area contributed by atoms with Crippen LogP contribution in [-0.2, 0) is 4.79 Å². The Labute approximate surface area is 124 Å². The second-order valence-electron chi connectivity index (χ2n) is 6.62. The van der Waals surface area contributed by atoms with Crippen LogP contribution >= 0.6 is 0 Å². The van der Waals surface area contributed by atoms with Gasteiger partial charge in [0.25, 0.3) is 0 Å². The van der Waals surface area contributed by atoms with Crippen molar-refractivity contribution in [1.82, 2.24) is 4.90 Å². The Kier molecular flexibility index (Phi) is 5.48. The zero-order valence-electron chi connectivity index (χ0n) is 13.2. The van der Waals surface area contributed by atoms with E-state index in [-0.39, 0.29) is 11.3 Å². The van der Waals surface area contributed by atoms with Gasteiger partial charge in [-0.3, -0.25) is 4.79 Å². The Morgan fingerprint density at radius 3 is 2.30 bits per heavy atom. The first-order valence-electron chi connectivity index (χ1n) is 8.51. The van der Waals surface area contributed by atoms with Crippen molar-refractivity contribution in [2.24, 2.45) is 17.1 Å². The summed E-state index contributed by atoms with van der Waals surface area (Å²) in [5.41, 5.74) is 5.61. The van der Waals surface area contributed by atoms with Crippen LogP contribution in [0.15, 0.2) is 0 Å². The fraction of sp³-hybridized carbons (Fsp3) is 0.882. The van der Waals surface area contributed by atoms with E-state index in [1.807, 2.05) is 0 Å². The number of rotatable bonds is 5. The molecule has 2 unspecified atom stereocenters. The van der Waals surface area contributed by atoms with Crippen LogP contribution < -0.4 is 5.73 Å². The minimum absolute atomic E-state index is 0.0429. The maximum Gasteiger partial charge on any atom is 0.223 e. The second kappa shape index (κ2) is 6.93. The molecule has 0 spiro atoms. The molecule has 0 saturated heterocycles. The van der Waals surface area contributed by atoms with E-state index in [9.17, 15) is 4.79 Å². The van der Waals surface area contributed by atoms with Crippen molar-refractivity contribution in [3.63, 3.8) is 0 Å². The largest absolute Gasteiger partial charge is 0.369 e. The van der Waals surface area contributed by atoms with Crippen molar-refractivity contribution in [2.75, 3.05) is 13.1 Å². The van der Waals surface area contributed by atoms with Crippen molar-refractivity contribution in [1.29, 1.82) is 0 Å². The van der Waals surface area contributed by atoms with E-state index in [2.05, 4.69) is 25.2 Å². The van der Waals surface area contributed by atoms with Crippen molar-refractivity contribution in [2.45, 2.75) is 71.3 Å². The quantitative estimate of drug-likeness (QED) is 0.840. The Bertz CT molecular complexity index is 311. The van der Waals surface area contributed by atoms with E-state index in [4.69, 9.17) is 5.73 Å². The molecule has 0 aromatic rings. The first kappa shape index (κ1) is 15.8. The highest BCUT2D eigenvalue weighted by molar-refractivity contribution is 5.81. The molecule has 1 radical (unpaired) electrons. The lowest BCUT2D eigenvalue weighted by Gasteiger charge is -2.46. The van der Waals surface area contributed by atoms with Gasteiger partial charge >= 0.3 is 0 Å². The molecule has 1 amide bonds. The van der Waals surface area contributed by atoms with E-state index in [1.165, 1.54) is 32.1 Å². The number of nitrogens with zero attached hydrogens (tertiary/aromatic N) is 1. The highest BCUT2D eigenvalue weighted by Crippen LogP contribution is 2.48. The van der Waals surface area contributed by atoms with Gasteiger partial charge in [0.2, 0.25) is 5.91 Å². The minimum atomic E-state index is -0.232. The Balaban J connectivity index is 2.04. The third-order valence-electron chi connectivity index (χ3n) is 5.80. The summed E-state index contributed by atoms with van der Waals surface area (Å²) in [6.07, 6.45) is 11.7. The number of nitrogens with two attached hydrogens (primary N) is 1. The van der Waals surface area contributed by atoms with Crippen LogP contribution in [0.2, 0.25) is 0 Å². The van der Waals surface area contributed by atoms with Crippen molar-refractivity contribution in [3.05, 3.63) is 6.42 Å². The molecule has 2 N–H and O–H groups in total. The molecular weight excluding hydrogens is 248 g/mol. The van der Waals surface area contributed by atoms with Gasteiger partial charge in [0, 0.05) is 6.04 Å². The average molecular weight is 279 g/mol. The fourth-order valence-electron chi connectivity index (χ4n) is 4.45. The van der Waals surface area contributed by atoms with E-state index >= 15 is 0 Å². The molecule has 0 aromatic carbocycles. The molecule has 2 saturated carbocycles. The molecule has 115 valence electrons. The third kappa shape index (κ3) is 3.03. The third-order valence-corrected chi connectivity index (χ3v) is 5.80. The van der Waals surface area contributed by atoms with Crippen molar-refractivity contribution >= 4 is 5.91 Å². The number of primary amides is 1. The molecule has 0 heterocycles.